The summed E-state index contributed by atoms with van der Waals surface area (Å²) in [5.41, 5.74) is 5.37. The second kappa shape index (κ2) is 3.33. The highest BCUT2D eigenvalue weighted by Crippen LogP contribution is 2.33. The molecular weight excluding hydrogens is 222 g/mol. The molecule has 2 aromatic carbocycles. The first-order valence-electron chi connectivity index (χ1n) is 6.07. The summed E-state index contributed by atoms with van der Waals surface area (Å²) < 4.78 is 0. The van der Waals surface area contributed by atoms with E-state index in [1.807, 2.05) is 36.4 Å². The largest absolute Gasteiger partial charge is 0.354 e. The van der Waals surface area contributed by atoms with Crippen molar-refractivity contribution in [3.05, 3.63) is 69.9 Å². The van der Waals surface area contributed by atoms with E-state index in [1.165, 1.54) is 5.56 Å². The van der Waals surface area contributed by atoms with Crippen LogP contribution in [0.5, 0.6) is 0 Å². The van der Waals surface area contributed by atoms with Crippen LogP contribution in [-0.2, 0) is 6.42 Å². The van der Waals surface area contributed by atoms with E-state index in [0.717, 1.165) is 34.1 Å². The van der Waals surface area contributed by atoms with Crippen LogP contribution < -0.4 is 5.43 Å². The van der Waals surface area contributed by atoms with Gasteiger partial charge in [0.1, 0.15) is 0 Å². The first-order valence-corrected chi connectivity index (χ1v) is 6.07. The molecule has 0 spiro atoms. The van der Waals surface area contributed by atoms with Crippen LogP contribution in [0.3, 0.4) is 0 Å². The molecule has 1 aromatic heterocycles. The molecule has 0 saturated heterocycles. The second-order valence-electron chi connectivity index (χ2n) is 4.69. The van der Waals surface area contributed by atoms with Crippen LogP contribution in [0.15, 0.2) is 53.3 Å². The first-order chi connectivity index (χ1) is 8.84. The van der Waals surface area contributed by atoms with Crippen LogP contribution in [-0.4, -0.2) is 4.98 Å². The van der Waals surface area contributed by atoms with Crippen LogP contribution in [0.4, 0.5) is 0 Å². The van der Waals surface area contributed by atoms with Crippen molar-refractivity contribution in [3.63, 3.8) is 0 Å². The molecule has 0 radical (unpaired) electrons. The lowest BCUT2D eigenvalue weighted by atomic mass is 10.1. The minimum atomic E-state index is 0.163. The normalized spacial score (nSPS) is 12.4. The maximum absolute atomic E-state index is 12.5. The van der Waals surface area contributed by atoms with Crippen molar-refractivity contribution < 1.29 is 0 Å². The van der Waals surface area contributed by atoms with E-state index in [9.17, 15) is 4.79 Å². The van der Waals surface area contributed by atoms with Gasteiger partial charge in [-0.3, -0.25) is 4.79 Å². The monoisotopic (exact) mass is 233 g/mol. The van der Waals surface area contributed by atoms with Gasteiger partial charge in [0.15, 0.2) is 5.43 Å². The third-order valence-electron chi connectivity index (χ3n) is 3.66. The minimum absolute atomic E-state index is 0.163. The number of aromatic nitrogens is 1. The predicted molar refractivity (Wildman–Crippen MR) is 72.8 cm³/mol. The van der Waals surface area contributed by atoms with E-state index in [0.29, 0.717) is 0 Å². The van der Waals surface area contributed by atoms with Crippen LogP contribution in [0.1, 0.15) is 11.1 Å². The number of nitrogens with one attached hydrogen (secondary N) is 1. The van der Waals surface area contributed by atoms with Crippen molar-refractivity contribution in [3.8, 4) is 11.3 Å². The van der Waals surface area contributed by atoms with E-state index in [2.05, 4.69) is 17.1 Å². The van der Waals surface area contributed by atoms with Gasteiger partial charge in [-0.2, -0.15) is 0 Å². The Balaban J connectivity index is 2.16. The summed E-state index contributed by atoms with van der Waals surface area (Å²) in [5, 5.41) is 0.782. The zero-order valence-corrected chi connectivity index (χ0v) is 9.73. The SMILES string of the molecule is O=c1c2c([nH]c3ccccc13)-c1ccccc1C2. The number of H-pyrrole nitrogens is 1. The van der Waals surface area contributed by atoms with Crippen LogP contribution in [0.2, 0.25) is 0 Å². The van der Waals surface area contributed by atoms with E-state index < -0.39 is 0 Å². The molecule has 18 heavy (non-hydrogen) atoms. The smallest absolute Gasteiger partial charge is 0.193 e. The Kier molecular flexibility index (Phi) is 1.78. The average Bonchev–Trinajstić information content (AvgIpc) is 2.79. The molecule has 86 valence electrons. The van der Waals surface area contributed by atoms with Gasteiger partial charge in [-0.05, 0) is 17.7 Å². The molecule has 1 aliphatic carbocycles. The molecule has 1 heterocycles. The summed E-state index contributed by atoms with van der Waals surface area (Å²) in [6.07, 6.45) is 0.742. The highest BCUT2D eigenvalue weighted by Gasteiger charge is 2.22. The molecule has 2 nitrogen and oxygen atoms in total. The molecule has 0 amide bonds. The molecule has 0 bridgehead atoms. The topological polar surface area (TPSA) is 32.9 Å². The van der Waals surface area contributed by atoms with Gasteiger partial charge in [-0.15, -0.1) is 0 Å². The molecule has 4 rings (SSSR count). The summed E-state index contributed by atoms with van der Waals surface area (Å²) in [5.74, 6) is 0. The standard InChI is InChI=1S/C16H11NO/c18-16-12-7-3-4-8-14(12)17-15-11-6-2-1-5-10(11)9-13(15)16/h1-8H,9H2,(H,17,18). The number of rotatable bonds is 0. The summed E-state index contributed by atoms with van der Waals surface area (Å²) in [6.45, 7) is 0. The van der Waals surface area contributed by atoms with Crippen molar-refractivity contribution in [2.75, 3.05) is 0 Å². The predicted octanol–water partition coefficient (Wildman–Crippen LogP) is 3.10. The summed E-state index contributed by atoms with van der Waals surface area (Å²) in [4.78, 5) is 15.9. The lowest BCUT2D eigenvalue weighted by molar-refractivity contribution is 1.22. The Morgan fingerprint density at radius 3 is 2.67 bits per heavy atom. The Labute approximate surface area is 104 Å². The fourth-order valence-corrected chi connectivity index (χ4v) is 2.78. The van der Waals surface area contributed by atoms with Crippen molar-refractivity contribution >= 4 is 10.9 Å². The summed E-state index contributed by atoms with van der Waals surface area (Å²) in [7, 11) is 0. The number of hydrogen-bond donors (Lipinski definition) is 1. The van der Waals surface area contributed by atoms with Gasteiger partial charge in [-0.25, -0.2) is 0 Å². The summed E-state index contributed by atoms with van der Waals surface area (Å²) >= 11 is 0. The molecule has 1 N–H and O–H groups in total. The third kappa shape index (κ3) is 1.15. The Bertz CT molecular complexity index is 830. The quantitative estimate of drug-likeness (QED) is 0.497. The van der Waals surface area contributed by atoms with Gasteiger partial charge >= 0.3 is 0 Å². The van der Waals surface area contributed by atoms with Crippen molar-refractivity contribution in [2.24, 2.45) is 0 Å². The maximum atomic E-state index is 12.5. The minimum Gasteiger partial charge on any atom is -0.354 e. The maximum Gasteiger partial charge on any atom is 0.193 e. The van der Waals surface area contributed by atoms with Gasteiger partial charge in [0.25, 0.3) is 0 Å². The summed E-state index contributed by atoms with van der Waals surface area (Å²) in [6, 6.07) is 15.9. The fourth-order valence-electron chi connectivity index (χ4n) is 2.78. The highest BCUT2D eigenvalue weighted by molar-refractivity contribution is 5.85. The average molecular weight is 233 g/mol. The van der Waals surface area contributed by atoms with Crippen molar-refractivity contribution in [2.45, 2.75) is 6.42 Å². The lowest BCUT2D eigenvalue weighted by Crippen LogP contribution is -2.09. The Morgan fingerprint density at radius 1 is 0.944 bits per heavy atom. The van der Waals surface area contributed by atoms with E-state index in [-0.39, 0.29) is 5.43 Å². The molecule has 1 aliphatic rings. The van der Waals surface area contributed by atoms with Crippen LogP contribution in [0, 0.1) is 0 Å². The first kappa shape index (κ1) is 9.66. The number of benzene rings is 2. The zero-order valence-electron chi connectivity index (χ0n) is 9.73. The van der Waals surface area contributed by atoms with E-state index in [4.69, 9.17) is 0 Å². The lowest BCUT2D eigenvalue weighted by Gasteiger charge is -2.04. The molecule has 0 saturated carbocycles. The number of aromatic amines is 1. The van der Waals surface area contributed by atoms with Gasteiger partial charge in [0.2, 0.25) is 0 Å². The molecule has 0 atom stereocenters. The van der Waals surface area contributed by atoms with Gasteiger partial charge in [0.05, 0.1) is 5.69 Å². The fraction of sp³-hybridized carbons (Fsp3) is 0.0625. The van der Waals surface area contributed by atoms with E-state index >= 15 is 0 Å². The molecule has 0 fully saturated rings. The Hall–Kier alpha value is -2.35. The van der Waals surface area contributed by atoms with Gasteiger partial charge in [-0.1, -0.05) is 36.4 Å². The molecule has 0 aliphatic heterocycles. The number of para-hydroxylation sites is 1. The molecule has 0 unspecified atom stereocenters. The molecule has 2 heteroatoms. The molecule has 3 aromatic rings. The van der Waals surface area contributed by atoms with Crippen LogP contribution >= 0.6 is 0 Å². The molecular formula is C16H11NO. The Morgan fingerprint density at radius 2 is 1.72 bits per heavy atom. The number of fused-ring (bicyclic) bond motifs is 4. The van der Waals surface area contributed by atoms with Crippen molar-refractivity contribution in [1.29, 1.82) is 0 Å². The van der Waals surface area contributed by atoms with Crippen molar-refractivity contribution in [1.82, 2.24) is 4.98 Å². The number of hydrogen-bond acceptors (Lipinski definition) is 1. The van der Waals surface area contributed by atoms with Crippen LogP contribution in [0.25, 0.3) is 22.2 Å². The third-order valence-corrected chi connectivity index (χ3v) is 3.66. The van der Waals surface area contributed by atoms with Gasteiger partial charge < -0.3 is 4.98 Å². The number of pyridine rings is 1. The van der Waals surface area contributed by atoms with Gasteiger partial charge in [0, 0.05) is 28.5 Å². The van der Waals surface area contributed by atoms with E-state index in [1.54, 1.807) is 0 Å². The highest BCUT2D eigenvalue weighted by atomic mass is 16.1. The zero-order chi connectivity index (χ0) is 12.1. The second-order valence-corrected chi connectivity index (χ2v) is 4.69.